The Balaban J connectivity index is 3.29. The topological polar surface area (TPSA) is 17.1 Å². The minimum atomic E-state index is 0.500. The second kappa shape index (κ2) is 34.7. The van der Waals surface area contributed by atoms with Gasteiger partial charge in [0.25, 0.3) is 0 Å². The van der Waals surface area contributed by atoms with Crippen LogP contribution in [0.15, 0.2) is 48.6 Å². The second-order valence-corrected chi connectivity index (χ2v) is 11.5. The number of carbonyl (C=O) groups is 1. The molecule has 0 amide bonds. The van der Waals surface area contributed by atoms with Crippen molar-refractivity contribution in [1.82, 2.24) is 0 Å². The Bertz CT molecular complexity index is 594. The van der Waals surface area contributed by atoms with Gasteiger partial charge in [-0.1, -0.05) is 140 Å². The molecular formula is C38H68O. The molecule has 0 saturated carbocycles. The van der Waals surface area contributed by atoms with E-state index >= 15 is 0 Å². The summed E-state index contributed by atoms with van der Waals surface area (Å²) in [6, 6.07) is 0. The zero-order valence-electron chi connectivity index (χ0n) is 26.6. The van der Waals surface area contributed by atoms with Crippen LogP contribution in [0.5, 0.6) is 0 Å². The van der Waals surface area contributed by atoms with Gasteiger partial charge < -0.3 is 0 Å². The first-order valence-electron chi connectivity index (χ1n) is 17.4. The van der Waals surface area contributed by atoms with Gasteiger partial charge in [0.1, 0.15) is 5.78 Å². The lowest BCUT2D eigenvalue weighted by Crippen LogP contribution is -1.97. The molecule has 226 valence electrons. The summed E-state index contributed by atoms with van der Waals surface area (Å²) in [5.41, 5.74) is 0. The molecule has 0 aromatic carbocycles. The van der Waals surface area contributed by atoms with E-state index in [-0.39, 0.29) is 0 Å². The Kier molecular flexibility index (Phi) is 33.4. The van der Waals surface area contributed by atoms with Crippen molar-refractivity contribution >= 4 is 5.78 Å². The maximum absolute atomic E-state index is 12.1. The summed E-state index contributed by atoms with van der Waals surface area (Å²) in [5.74, 6) is 0.500. The number of hydrogen-bond acceptors (Lipinski definition) is 1. The van der Waals surface area contributed by atoms with Gasteiger partial charge in [0.05, 0.1) is 0 Å². The molecule has 0 rings (SSSR count). The second-order valence-electron chi connectivity index (χ2n) is 11.5. The average molecular weight is 541 g/mol. The smallest absolute Gasteiger partial charge is 0.132 e. The van der Waals surface area contributed by atoms with Crippen molar-refractivity contribution in [3.8, 4) is 0 Å². The molecule has 0 aromatic heterocycles. The molecule has 0 fully saturated rings. The highest BCUT2D eigenvalue weighted by Crippen LogP contribution is 2.13. The third-order valence-electron chi connectivity index (χ3n) is 7.54. The highest BCUT2D eigenvalue weighted by Gasteiger charge is 2.02. The first-order chi connectivity index (χ1) is 19.3. The van der Waals surface area contributed by atoms with Gasteiger partial charge in [-0.3, -0.25) is 4.79 Å². The van der Waals surface area contributed by atoms with Crippen LogP contribution in [-0.2, 0) is 4.79 Å². The summed E-state index contributed by atoms with van der Waals surface area (Å²) < 4.78 is 0. The quantitative estimate of drug-likeness (QED) is 0.0631. The Hall–Kier alpha value is -1.37. The third-order valence-corrected chi connectivity index (χ3v) is 7.54. The van der Waals surface area contributed by atoms with E-state index in [0.717, 1.165) is 32.1 Å². The SMILES string of the molecule is CCCCC/C=C\C/C=C\CCCCCCCCC(=O)CCCCCCCCC=CCC/C=C\CCCCC. The molecule has 39 heavy (non-hydrogen) atoms. The zero-order chi connectivity index (χ0) is 28.3. The standard InChI is InChI=1S/C38H68O/c1-3-5-7-9-11-13-15-17-19-21-23-25-27-29-31-33-35-37-38(39)36-34-32-30-28-26-24-22-20-18-16-14-12-10-8-6-4-2/h11-14,18-21H,3-10,15-17,22-37H2,1-2H3/b13-11-,14-12-,20-18-,21-19?. The number of ketones is 1. The first kappa shape index (κ1) is 37.6. The van der Waals surface area contributed by atoms with Gasteiger partial charge in [-0.2, -0.15) is 0 Å². The maximum atomic E-state index is 12.1. The van der Waals surface area contributed by atoms with Crippen LogP contribution in [0.1, 0.15) is 187 Å². The lowest BCUT2D eigenvalue weighted by Gasteiger charge is -2.03. The number of hydrogen-bond donors (Lipinski definition) is 0. The van der Waals surface area contributed by atoms with E-state index < -0.39 is 0 Å². The highest BCUT2D eigenvalue weighted by atomic mass is 16.1. The van der Waals surface area contributed by atoms with Gasteiger partial charge in [0.15, 0.2) is 0 Å². The Morgan fingerprint density at radius 1 is 0.359 bits per heavy atom. The monoisotopic (exact) mass is 541 g/mol. The van der Waals surface area contributed by atoms with E-state index in [2.05, 4.69) is 62.5 Å². The van der Waals surface area contributed by atoms with E-state index in [1.807, 2.05) is 0 Å². The number of rotatable bonds is 31. The molecule has 0 bridgehead atoms. The molecule has 0 aromatic rings. The summed E-state index contributed by atoms with van der Waals surface area (Å²) in [6.07, 6.45) is 52.0. The lowest BCUT2D eigenvalue weighted by molar-refractivity contribution is -0.119. The Morgan fingerprint density at radius 3 is 1.08 bits per heavy atom. The molecule has 0 aliphatic heterocycles. The third kappa shape index (κ3) is 34.6. The van der Waals surface area contributed by atoms with E-state index in [4.69, 9.17) is 0 Å². The molecule has 0 saturated heterocycles. The van der Waals surface area contributed by atoms with Crippen molar-refractivity contribution < 1.29 is 4.79 Å². The average Bonchev–Trinajstić information content (AvgIpc) is 2.94. The van der Waals surface area contributed by atoms with Crippen molar-refractivity contribution in [2.45, 2.75) is 187 Å². The maximum Gasteiger partial charge on any atom is 0.132 e. The largest absolute Gasteiger partial charge is 0.300 e. The summed E-state index contributed by atoms with van der Waals surface area (Å²) in [5, 5.41) is 0. The molecule has 0 atom stereocenters. The fraction of sp³-hybridized carbons (Fsp3) is 0.763. The lowest BCUT2D eigenvalue weighted by atomic mass is 10.0. The van der Waals surface area contributed by atoms with Crippen LogP contribution in [-0.4, -0.2) is 5.78 Å². The molecule has 1 nitrogen and oxygen atoms in total. The zero-order valence-corrected chi connectivity index (χ0v) is 26.6. The van der Waals surface area contributed by atoms with Gasteiger partial charge >= 0.3 is 0 Å². The summed E-state index contributed by atoms with van der Waals surface area (Å²) in [6.45, 7) is 4.52. The summed E-state index contributed by atoms with van der Waals surface area (Å²) in [7, 11) is 0. The van der Waals surface area contributed by atoms with Crippen LogP contribution in [0.3, 0.4) is 0 Å². The Labute approximate surface area is 246 Å². The summed E-state index contributed by atoms with van der Waals surface area (Å²) in [4.78, 5) is 12.1. The molecule has 0 radical (unpaired) electrons. The van der Waals surface area contributed by atoms with Crippen molar-refractivity contribution in [1.29, 1.82) is 0 Å². The number of unbranched alkanes of at least 4 members (excludes halogenated alkanes) is 19. The van der Waals surface area contributed by atoms with Gasteiger partial charge in [-0.25, -0.2) is 0 Å². The molecule has 0 unspecified atom stereocenters. The van der Waals surface area contributed by atoms with Crippen LogP contribution in [0.2, 0.25) is 0 Å². The van der Waals surface area contributed by atoms with Crippen LogP contribution in [0.25, 0.3) is 0 Å². The van der Waals surface area contributed by atoms with E-state index in [9.17, 15) is 4.79 Å². The van der Waals surface area contributed by atoms with E-state index in [1.165, 1.54) is 141 Å². The van der Waals surface area contributed by atoms with Crippen molar-refractivity contribution in [2.75, 3.05) is 0 Å². The normalized spacial score (nSPS) is 12.3. The van der Waals surface area contributed by atoms with Crippen molar-refractivity contribution in [3.63, 3.8) is 0 Å². The van der Waals surface area contributed by atoms with Gasteiger partial charge in [0.2, 0.25) is 0 Å². The molecule has 0 heterocycles. The van der Waals surface area contributed by atoms with Gasteiger partial charge in [-0.15, -0.1) is 0 Å². The number of Topliss-reactive ketones (excluding diaryl/α,β-unsaturated/α-hetero) is 1. The molecule has 0 aliphatic rings. The van der Waals surface area contributed by atoms with Gasteiger partial charge in [-0.05, 0) is 83.5 Å². The highest BCUT2D eigenvalue weighted by molar-refractivity contribution is 5.78. The minimum Gasteiger partial charge on any atom is -0.300 e. The van der Waals surface area contributed by atoms with Gasteiger partial charge in [0, 0.05) is 12.8 Å². The predicted octanol–water partition coefficient (Wildman–Crippen LogP) is 13.4. The fourth-order valence-corrected chi connectivity index (χ4v) is 4.90. The predicted molar refractivity (Wildman–Crippen MR) is 178 cm³/mol. The molecule has 0 spiro atoms. The first-order valence-corrected chi connectivity index (χ1v) is 17.4. The van der Waals surface area contributed by atoms with Crippen LogP contribution < -0.4 is 0 Å². The number of carbonyl (C=O) groups excluding carboxylic acids is 1. The molecule has 0 aliphatic carbocycles. The number of allylic oxidation sites excluding steroid dienone is 8. The van der Waals surface area contributed by atoms with Crippen molar-refractivity contribution in [3.05, 3.63) is 48.6 Å². The van der Waals surface area contributed by atoms with E-state index in [1.54, 1.807) is 0 Å². The fourth-order valence-electron chi connectivity index (χ4n) is 4.90. The molecule has 1 heteroatoms. The minimum absolute atomic E-state index is 0.500. The summed E-state index contributed by atoms with van der Waals surface area (Å²) >= 11 is 0. The molecule has 0 N–H and O–H groups in total. The molecular weight excluding hydrogens is 472 g/mol. The van der Waals surface area contributed by atoms with Crippen molar-refractivity contribution in [2.24, 2.45) is 0 Å². The van der Waals surface area contributed by atoms with E-state index in [0.29, 0.717) is 5.78 Å². The van der Waals surface area contributed by atoms with Crippen LogP contribution >= 0.6 is 0 Å². The van der Waals surface area contributed by atoms with Crippen LogP contribution in [0.4, 0.5) is 0 Å². The Morgan fingerprint density at radius 2 is 0.667 bits per heavy atom. The van der Waals surface area contributed by atoms with Crippen LogP contribution in [0, 0.1) is 0 Å².